The summed E-state index contributed by atoms with van der Waals surface area (Å²) in [7, 11) is -4.08. The van der Waals surface area contributed by atoms with Crippen molar-refractivity contribution in [3.8, 4) is 11.4 Å². The van der Waals surface area contributed by atoms with E-state index in [-0.39, 0.29) is 48.8 Å². The first-order valence-electron chi connectivity index (χ1n) is 18.6. The summed E-state index contributed by atoms with van der Waals surface area (Å²) in [6.07, 6.45) is 2.44. The summed E-state index contributed by atoms with van der Waals surface area (Å²) < 4.78 is 29.2. The van der Waals surface area contributed by atoms with Gasteiger partial charge >= 0.3 is 6.03 Å². The van der Waals surface area contributed by atoms with Gasteiger partial charge in [0.25, 0.3) is 0 Å². The first-order chi connectivity index (χ1) is 26.4. The van der Waals surface area contributed by atoms with Crippen LogP contribution >= 0.6 is 0 Å². The van der Waals surface area contributed by atoms with Crippen LogP contribution in [0, 0.1) is 11.8 Å². The molecule has 55 heavy (non-hydrogen) atoms. The van der Waals surface area contributed by atoms with Crippen molar-refractivity contribution in [3.05, 3.63) is 114 Å². The van der Waals surface area contributed by atoms with E-state index >= 15 is 0 Å². The number of carbonyl (C=O) groups is 2. The standard InChI is InChI=1S/C41H51N7O6S/c1-5-30(4)39(48-23-22-46(41(48)51)27-33-14-11-16-36(44-33)35-15-9-10-21-42-35)40(50)45-37(24-31-12-7-6-8-13-31)38(49)28-47(26-29(2)3)55(53,54)34-19-17-32(18-20-34)25-43-52/h6-21,25,29-30,37-39,49,52H,5,22-24,26-28H2,1-4H3,(H,45,50)/t30-,37-,38-,39-/m0/s1. The van der Waals surface area contributed by atoms with E-state index in [0.29, 0.717) is 36.5 Å². The molecule has 4 atom stereocenters. The number of nitrogens with zero attached hydrogens (tertiary/aromatic N) is 6. The topological polar surface area (TPSA) is 169 Å². The molecule has 1 fully saturated rings. The summed E-state index contributed by atoms with van der Waals surface area (Å²) in [5.74, 6) is -0.712. The molecule has 1 aliphatic heterocycles. The van der Waals surface area contributed by atoms with Gasteiger partial charge in [-0.25, -0.2) is 18.2 Å². The van der Waals surface area contributed by atoms with Crippen molar-refractivity contribution in [2.75, 3.05) is 26.2 Å². The fourth-order valence-electron chi connectivity index (χ4n) is 6.73. The average Bonchev–Trinajstić information content (AvgIpc) is 3.53. The van der Waals surface area contributed by atoms with E-state index in [1.807, 2.05) is 94.4 Å². The highest BCUT2D eigenvalue weighted by Gasteiger charge is 2.41. The molecule has 2 aromatic heterocycles. The summed E-state index contributed by atoms with van der Waals surface area (Å²) in [6.45, 7) is 8.50. The minimum atomic E-state index is -4.08. The lowest BCUT2D eigenvalue weighted by atomic mass is 9.95. The van der Waals surface area contributed by atoms with Crippen LogP contribution in [0.3, 0.4) is 0 Å². The van der Waals surface area contributed by atoms with Gasteiger partial charge < -0.3 is 25.4 Å². The van der Waals surface area contributed by atoms with Gasteiger partial charge in [-0.05, 0) is 65.8 Å². The molecule has 292 valence electrons. The van der Waals surface area contributed by atoms with Crippen molar-refractivity contribution >= 4 is 28.2 Å². The van der Waals surface area contributed by atoms with Crippen molar-refractivity contribution in [1.29, 1.82) is 0 Å². The summed E-state index contributed by atoms with van der Waals surface area (Å²) >= 11 is 0. The number of amides is 3. The van der Waals surface area contributed by atoms with E-state index in [1.54, 1.807) is 16.0 Å². The maximum atomic E-state index is 14.4. The minimum Gasteiger partial charge on any atom is -0.411 e. The molecule has 0 radical (unpaired) electrons. The van der Waals surface area contributed by atoms with Gasteiger partial charge in [0.2, 0.25) is 15.9 Å². The number of hydrogen-bond acceptors (Lipinski definition) is 9. The Kier molecular flexibility index (Phi) is 14.1. The number of hydrogen-bond donors (Lipinski definition) is 3. The van der Waals surface area contributed by atoms with Crippen LogP contribution in [0.5, 0.6) is 0 Å². The highest BCUT2D eigenvalue weighted by Crippen LogP contribution is 2.25. The second-order valence-electron chi connectivity index (χ2n) is 14.4. The van der Waals surface area contributed by atoms with Crippen LogP contribution in [0.1, 0.15) is 50.9 Å². The predicted molar refractivity (Wildman–Crippen MR) is 211 cm³/mol. The zero-order valence-corrected chi connectivity index (χ0v) is 32.6. The minimum absolute atomic E-state index is 0.0201. The molecule has 3 heterocycles. The van der Waals surface area contributed by atoms with Crippen LogP contribution in [-0.4, -0.2) is 105 Å². The van der Waals surface area contributed by atoms with E-state index < -0.39 is 34.1 Å². The second kappa shape index (κ2) is 18.9. The number of sulfonamides is 1. The Bertz CT molecular complexity index is 2000. The van der Waals surface area contributed by atoms with E-state index in [2.05, 4.69) is 15.5 Å². The lowest BCUT2D eigenvalue weighted by molar-refractivity contribution is -0.128. The Balaban J connectivity index is 1.36. The van der Waals surface area contributed by atoms with Gasteiger partial charge in [-0.1, -0.05) is 93.9 Å². The highest BCUT2D eigenvalue weighted by atomic mass is 32.2. The smallest absolute Gasteiger partial charge is 0.321 e. The lowest BCUT2D eigenvalue weighted by Gasteiger charge is -2.35. The quantitative estimate of drug-likeness (QED) is 0.0719. The zero-order chi connectivity index (χ0) is 39.5. The van der Waals surface area contributed by atoms with Crippen molar-refractivity contribution < 1.29 is 28.3 Å². The Morgan fingerprint density at radius 3 is 2.31 bits per heavy atom. The Morgan fingerprint density at radius 1 is 0.945 bits per heavy atom. The summed E-state index contributed by atoms with van der Waals surface area (Å²) in [4.78, 5) is 40.8. The molecule has 1 aliphatic rings. The molecule has 0 unspecified atom stereocenters. The van der Waals surface area contributed by atoms with E-state index in [1.165, 1.54) is 34.8 Å². The van der Waals surface area contributed by atoms with Gasteiger partial charge in [0.15, 0.2) is 0 Å². The molecular weight excluding hydrogens is 719 g/mol. The van der Waals surface area contributed by atoms with Crippen LogP contribution in [-0.2, 0) is 27.8 Å². The van der Waals surface area contributed by atoms with Gasteiger partial charge in [0.1, 0.15) is 6.04 Å². The van der Waals surface area contributed by atoms with E-state index in [4.69, 9.17) is 10.2 Å². The number of nitrogens with one attached hydrogen (secondary N) is 1. The first kappa shape index (κ1) is 41.0. The molecular formula is C41H51N7O6S. The molecule has 3 amide bonds. The molecule has 0 saturated carbocycles. The SMILES string of the molecule is CC[C@H](C)[C@@H](C(=O)N[C@@H](Cc1ccccc1)[C@@H](O)CN(CC(C)C)S(=O)(=O)c1ccc(C=NO)cc1)N1CCN(Cc2cccc(-c3ccccn3)n2)C1=O. The molecule has 13 nitrogen and oxygen atoms in total. The molecule has 2 aromatic carbocycles. The fraction of sp³-hybridized carbons (Fsp3) is 0.390. The second-order valence-corrected chi connectivity index (χ2v) is 16.3. The summed E-state index contributed by atoms with van der Waals surface area (Å²) in [5.41, 5.74) is 3.49. The van der Waals surface area contributed by atoms with Gasteiger partial charge in [-0.2, -0.15) is 4.31 Å². The van der Waals surface area contributed by atoms with Gasteiger partial charge in [-0.3, -0.25) is 9.78 Å². The highest BCUT2D eigenvalue weighted by molar-refractivity contribution is 7.89. The number of urea groups is 1. The van der Waals surface area contributed by atoms with Crippen LogP contribution in [0.15, 0.2) is 107 Å². The lowest BCUT2D eigenvalue weighted by Crippen LogP contribution is -2.57. The Labute approximate surface area is 323 Å². The molecule has 3 N–H and O–H groups in total. The number of aromatic nitrogens is 2. The van der Waals surface area contributed by atoms with Crippen LogP contribution in [0.25, 0.3) is 11.4 Å². The van der Waals surface area contributed by atoms with E-state index in [0.717, 1.165) is 11.3 Å². The monoisotopic (exact) mass is 769 g/mol. The fourth-order valence-corrected chi connectivity index (χ4v) is 8.35. The average molecular weight is 770 g/mol. The Hall–Kier alpha value is -5.18. The van der Waals surface area contributed by atoms with Gasteiger partial charge in [0, 0.05) is 32.4 Å². The number of aliphatic hydroxyl groups is 1. The Morgan fingerprint density at radius 2 is 1.65 bits per heavy atom. The van der Waals surface area contributed by atoms with Crippen LogP contribution in [0.4, 0.5) is 4.79 Å². The maximum Gasteiger partial charge on any atom is 0.321 e. The third-order valence-corrected chi connectivity index (χ3v) is 11.6. The number of benzene rings is 2. The molecule has 0 bridgehead atoms. The zero-order valence-electron chi connectivity index (χ0n) is 31.8. The van der Waals surface area contributed by atoms with Crippen molar-refractivity contribution in [3.63, 3.8) is 0 Å². The first-order valence-corrected chi connectivity index (χ1v) is 20.1. The van der Waals surface area contributed by atoms with Crippen molar-refractivity contribution in [1.82, 2.24) is 29.4 Å². The molecule has 0 aliphatic carbocycles. The summed E-state index contributed by atoms with van der Waals surface area (Å²) in [5, 5.41) is 26.8. The molecule has 14 heteroatoms. The van der Waals surface area contributed by atoms with Crippen molar-refractivity contribution in [2.45, 2.75) is 70.2 Å². The van der Waals surface area contributed by atoms with E-state index in [9.17, 15) is 23.1 Å². The number of oxime groups is 1. The number of aliphatic hydroxyl groups excluding tert-OH is 1. The van der Waals surface area contributed by atoms with Crippen LogP contribution in [0.2, 0.25) is 0 Å². The summed E-state index contributed by atoms with van der Waals surface area (Å²) in [6, 6.07) is 24.5. The third kappa shape index (κ3) is 10.5. The van der Waals surface area contributed by atoms with Gasteiger partial charge in [-0.15, -0.1) is 0 Å². The molecule has 1 saturated heterocycles. The number of carbonyl (C=O) groups excluding carboxylic acids is 2. The normalized spacial score (nSPS) is 15.8. The predicted octanol–water partition coefficient (Wildman–Crippen LogP) is 5.04. The molecule has 4 aromatic rings. The molecule has 5 rings (SSSR count). The maximum absolute atomic E-state index is 14.4. The number of pyridine rings is 2. The number of rotatable bonds is 18. The largest absolute Gasteiger partial charge is 0.411 e. The van der Waals surface area contributed by atoms with Gasteiger partial charge in [0.05, 0.1) is 46.9 Å². The molecule has 0 spiro atoms. The van der Waals surface area contributed by atoms with Crippen LogP contribution < -0.4 is 5.32 Å². The third-order valence-electron chi connectivity index (χ3n) is 9.78. The van der Waals surface area contributed by atoms with Crippen molar-refractivity contribution in [2.24, 2.45) is 17.0 Å².